The number of carboxylic acid groups (broad SMARTS) is 2. The van der Waals surface area contributed by atoms with Crippen LogP contribution in [-0.2, 0) is 0 Å². The van der Waals surface area contributed by atoms with E-state index in [0.29, 0.717) is 0 Å². The summed E-state index contributed by atoms with van der Waals surface area (Å²) in [6.07, 6.45) is 0. The highest BCUT2D eigenvalue weighted by molar-refractivity contribution is 5.88. The number of aliphatic hydroxyl groups is 2. The fourth-order valence-electron chi connectivity index (χ4n) is 1.21. The van der Waals surface area contributed by atoms with E-state index < -0.39 is 11.9 Å². The second kappa shape index (κ2) is 11.5. The van der Waals surface area contributed by atoms with Crippen LogP contribution >= 0.6 is 0 Å². The maximum Gasteiger partial charge on any atom is 0.335 e. The molecule has 0 aliphatic carbocycles. The third-order valence-electron chi connectivity index (χ3n) is 2.33. The maximum atomic E-state index is 10.2. The van der Waals surface area contributed by atoms with Crippen LogP contribution in [0.2, 0.25) is 0 Å². The molecule has 0 amide bonds. The van der Waals surface area contributed by atoms with Crippen LogP contribution < -0.4 is 0 Å². The zero-order valence-electron chi connectivity index (χ0n) is 12.5. The largest absolute Gasteiger partial charge is 0.508 e. The van der Waals surface area contributed by atoms with Gasteiger partial charge in [0.15, 0.2) is 0 Å². The van der Waals surface area contributed by atoms with Crippen molar-refractivity contribution in [3.63, 3.8) is 0 Å². The minimum absolute atomic E-state index is 0.0741. The Morgan fingerprint density at radius 2 is 0.875 bits per heavy atom. The number of aromatic hydroxyl groups is 2. The molecule has 24 heavy (non-hydrogen) atoms. The molecule has 0 unspecified atom stereocenters. The molecule has 0 heterocycles. The molecule has 0 aliphatic heterocycles. The Morgan fingerprint density at radius 3 is 1.04 bits per heavy atom. The predicted octanol–water partition coefficient (Wildman–Crippen LogP) is 1.15. The van der Waals surface area contributed by atoms with E-state index in [0.717, 1.165) is 0 Å². The lowest BCUT2D eigenvalue weighted by Crippen LogP contribution is -1.93. The number of rotatable bonds is 3. The molecule has 0 spiro atoms. The van der Waals surface area contributed by atoms with Gasteiger partial charge in [-0.25, -0.2) is 9.59 Å². The van der Waals surface area contributed by atoms with E-state index in [9.17, 15) is 9.59 Å². The fourth-order valence-corrected chi connectivity index (χ4v) is 1.21. The SMILES string of the molecule is O=C(O)c1ccc(O)cc1.O=C(O)c1ccc(O)cc1.OCCO. The van der Waals surface area contributed by atoms with Gasteiger partial charge in [0.05, 0.1) is 24.3 Å². The minimum atomic E-state index is -0.986. The summed E-state index contributed by atoms with van der Waals surface area (Å²) >= 11 is 0. The lowest BCUT2D eigenvalue weighted by atomic mass is 10.2. The number of carboxylic acids is 2. The first-order chi connectivity index (χ1) is 11.3. The molecule has 0 radical (unpaired) electrons. The summed E-state index contributed by atoms with van der Waals surface area (Å²) in [5.41, 5.74) is 0.357. The number of phenolic OH excluding ortho intramolecular Hbond substituents is 2. The highest BCUT2D eigenvalue weighted by Gasteiger charge is 2.00. The fraction of sp³-hybridized carbons (Fsp3) is 0.125. The standard InChI is InChI=1S/2C7H6O3.C2H6O2/c2*8-6-3-1-5(2-4-6)7(9)10;3-1-2-4/h2*1-4,8H,(H,9,10);3-4H,1-2H2. The molecule has 0 aromatic heterocycles. The van der Waals surface area contributed by atoms with Crippen LogP contribution in [0, 0.1) is 0 Å². The first kappa shape index (κ1) is 20.9. The van der Waals surface area contributed by atoms with Gasteiger partial charge in [-0.15, -0.1) is 0 Å². The predicted molar refractivity (Wildman–Crippen MR) is 84.3 cm³/mol. The van der Waals surface area contributed by atoms with Crippen molar-refractivity contribution in [1.82, 2.24) is 0 Å². The van der Waals surface area contributed by atoms with E-state index in [4.69, 9.17) is 30.6 Å². The Kier molecular flexibility index (Phi) is 9.98. The van der Waals surface area contributed by atoms with Gasteiger partial charge in [0, 0.05) is 0 Å². The molecular weight excluding hydrogens is 320 g/mol. The minimum Gasteiger partial charge on any atom is -0.508 e. The lowest BCUT2D eigenvalue weighted by Gasteiger charge is -1.92. The summed E-state index contributed by atoms with van der Waals surface area (Å²) in [7, 11) is 0. The van der Waals surface area contributed by atoms with E-state index >= 15 is 0 Å². The molecule has 2 aromatic rings. The van der Waals surface area contributed by atoms with Crippen molar-refractivity contribution >= 4 is 11.9 Å². The topological polar surface area (TPSA) is 156 Å². The highest BCUT2D eigenvalue weighted by atomic mass is 16.4. The lowest BCUT2D eigenvalue weighted by molar-refractivity contribution is 0.0686. The number of carbonyl (C=O) groups is 2. The molecule has 2 rings (SSSR count). The van der Waals surface area contributed by atoms with Crippen LogP contribution in [0.25, 0.3) is 0 Å². The van der Waals surface area contributed by atoms with Crippen molar-refractivity contribution in [2.45, 2.75) is 0 Å². The molecule has 0 saturated carbocycles. The van der Waals surface area contributed by atoms with Gasteiger partial charge in [0.2, 0.25) is 0 Å². The summed E-state index contributed by atoms with van der Waals surface area (Å²) < 4.78 is 0. The zero-order valence-corrected chi connectivity index (χ0v) is 12.5. The number of phenols is 2. The Morgan fingerprint density at radius 1 is 0.625 bits per heavy atom. The van der Waals surface area contributed by atoms with Crippen LogP contribution in [-0.4, -0.2) is 55.8 Å². The van der Waals surface area contributed by atoms with Crippen LogP contribution in [0.4, 0.5) is 0 Å². The molecular formula is C16H18O8. The molecule has 0 aliphatic rings. The van der Waals surface area contributed by atoms with E-state index in [1.807, 2.05) is 0 Å². The highest BCUT2D eigenvalue weighted by Crippen LogP contribution is 2.09. The van der Waals surface area contributed by atoms with Gasteiger partial charge >= 0.3 is 11.9 Å². The van der Waals surface area contributed by atoms with E-state index in [1.54, 1.807) is 0 Å². The van der Waals surface area contributed by atoms with Crippen molar-refractivity contribution < 1.29 is 40.2 Å². The van der Waals surface area contributed by atoms with E-state index in [-0.39, 0.29) is 35.8 Å². The van der Waals surface area contributed by atoms with Crippen molar-refractivity contribution in [3.8, 4) is 11.5 Å². The summed E-state index contributed by atoms with van der Waals surface area (Å²) in [6.45, 7) is -0.250. The summed E-state index contributed by atoms with van der Waals surface area (Å²) in [5.74, 6) is -1.82. The second-order valence-corrected chi connectivity index (χ2v) is 4.15. The Balaban J connectivity index is 0.000000363. The first-order valence-corrected chi connectivity index (χ1v) is 6.58. The normalized spacial score (nSPS) is 8.92. The van der Waals surface area contributed by atoms with Crippen LogP contribution in [0.15, 0.2) is 48.5 Å². The Bertz CT molecular complexity index is 562. The quantitative estimate of drug-likeness (QED) is 0.487. The number of aromatic carboxylic acids is 2. The molecule has 0 atom stereocenters. The molecule has 6 N–H and O–H groups in total. The molecule has 0 fully saturated rings. The van der Waals surface area contributed by atoms with Gasteiger partial charge in [-0.3, -0.25) is 0 Å². The van der Waals surface area contributed by atoms with Gasteiger partial charge in [0.1, 0.15) is 11.5 Å². The Labute approximate surface area is 137 Å². The summed E-state index contributed by atoms with van der Waals surface area (Å²) in [6, 6.07) is 10.7. The zero-order chi connectivity index (χ0) is 18.5. The third-order valence-corrected chi connectivity index (χ3v) is 2.33. The smallest absolute Gasteiger partial charge is 0.335 e. The van der Waals surface area contributed by atoms with Crippen LogP contribution in [0.1, 0.15) is 20.7 Å². The Hall–Kier alpha value is -3.10. The van der Waals surface area contributed by atoms with Crippen molar-refractivity contribution in [3.05, 3.63) is 59.7 Å². The summed E-state index contributed by atoms with van der Waals surface area (Å²) in [5, 5.41) is 49.5. The maximum absolute atomic E-state index is 10.2. The monoisotopic (exact) mass is 338 g/mol. The second-order valence-electron chi connectivity index (χ2n) is 4.15. The molecule has 8 nitrogen and oxygen atoms in total. The molecule has 2 aromatic carbocycles. The van der Waals surface area contributed by atoms with Gasteiger partial charge in [-0.2, -0.15) is 0 Å². The van der Waals surface area contributed by atoms with Crippen LogP contribution in [0.3, 0.4) is 0 Å². The van der Waals surface area contributed by atoms with Gasteiger partial charge in [-0.1, -0.05) is 0 Å². The van der Waals surface area contributed by atoms with Gasteiger partial charge < -0.3 is 30.6 Å². The van der Waals surface area contributed by atoms with E-state index in [1.165, 1.54) is 48.5 Å². The number of hydrogen-bond acceptors (Lipinski definition) is 6. The van der Waals surface area contributed by atoms with Crippen LogP contribution in [0.5, 0.6) is 11.5 Å². The molecule has 130 valence electrons. The molecule has 0 saturated heterocycles. The first-order valence-electron chi connectivity index (χ1n) is 6.58. The average Bonchev–Trinajstić information content (AvgIpc) is 2.56. The van der Waals surface area contributed by atoms with Crippen molar-refractivity contribution in [2.24, 2.45) is 0 Å². The average molecular weight is 338 g/mol. The van der Waals surface area contributed by atoms with Gasteiger partial charge in [-0.05, 0) is 48.5 Å². The third kappa shape index (κ3) is 9.03. The van der Waals surface area contributed by atoms with Gasteiger partial charge in [0.25, 0.3) is 0 Å². The van der Waals surface area contributed by atoms with E-state index in [2.05, 4.69) is 0 Å². The number of aliphatic hydroxyl groups excluding tert-OH is 2. The van der Waals surface area contributed by atoms with Crippen molar-refractivity contribution in [1.29, 1.82) is 0 Å². The number of benzene rings is 2. The molecule has 0 bridgehead atoms. The number of hydrogen-bond donors (Lipinski definition) is 6. The molecule has 8 heteroatoms. The summed E-state index contributed by atoms with van der Waals surface area (Å²) in [4.78, 5) is 20.5. The van der Waals surface area contributed by atoms with Crippen molar-refractivity contribution in [2.75, 3.05) is 13.2 Å².